The van der Waals surface area contributed by atoms with Gasteiger partial charge in [0.2, 0.25) is 0 Å². The van der Waals surface area contributed by atoms with E-state index in [9.17, 15) is 0 Å². The molecule has 3 rings (SSSR count). The predicted molar refractivity (Wildman–Crippen MR) is 121 cm³/mol. The molecule has 0 spiro atoms. The molecule has 0 N–H and O–H groups in total. The van der Waals surface area contributed by atoms with E-state index in [0.717, 1.165) is 22.5 Å². The van der Waals surface area contributed by atoms with Crippen molar-refractivity contribution in [1.29, 1.82) is 0 Å². The Bertz CT molecular complexity index is 1040. The zero-order valence-corrected chi connectivity index (χ0v) is 17.9. The number of aryl methyl sites for hydroxylation is 4. The Morgan fingerprint density at radius 2 is 1.64 bits per heavy atom. The first-order valence-electron chi connectivity index (χ1n) is 9.82. The first-order valence-corrected chi connectivity index (χ1v) is 9.82. The van der Waals surface area contributed by atoms with Crippen LogP contribution in [0.5, 0.6) is 0 Å². The minimum atomic E-state index is 0.394. The Labute approximate surface area is 169 Å². The van der Waals surface area contributed by atoms with Crippen LogP contribution < -0.4 is 0 Å². The van der Waals surface area contributed by atoms with Gasteiger partial charge in [-0.05, 0) is 73.1 Å². The second-order valence-electron chi connectivity index (χ2n) is 8.01. The number of allylic oxidation sites excluding steroid dienone is 2. The van der Waals surface area contributed by atoms with Crippen LogP contribution in [0.25, 0.3) is 22.6 Å². The van der Waals surface area contributed by atoms with Crippen molar-refractivity contribution in [3.05, 3.63) is 89.3 Å². The molecule has 0 saturated heterocycles. The highest BCUT2D eigenvalue weighted by Crippen LogP contribution is 2.35. The molecule has 3 aromatic rings. The van der Waals surface area contributed by atoms with E-state index in [0.29, 0.717) is 5.92 Å². The highest BCUT2D eigenvalue weighted by Gasteiger charge is 2.19. The van der Waals surface area contributed by atoms with Gasteiger partial charge in [-0.3, -0.25) is 4.57 Å². The largest absolute Gasteiger partial charge is 0.299 e. The molecule has 1 aromatic heterocycles. The van der Waals surface area contributed by atoms with E-state index in [1.54, 1.807) is 0 Å². The third-order valence-electron chi connectivity index (χ3n) is 5.37. The van der Waals surface area contributed by atoms with E-state index in [4.69, 9.17) is 4.98 Å². The van der Waals surface area contributed by atoms with Gasteiger partial charge in [-0.1, -0.05) is 56.8 Å². The van der Waals surface area contributed by atoms with Crippen LogP contribution in [0, 0.1) is 27.7 Å². The highest BCUT2D eigenvalue weighted by molar-refractivity contribution is 5.79. The SMILES string of the molecule is C=CC(=C)c1cc(-c2nccn2-c2c(C)cc(C)cc2C)c(C(C)C)cc1C. The van der Waals surface area contributed by atoms with E-state index in [1.807, 2.05) is 12.3 Å². The molecular formula is C26H30N2. The maximum atomic E-state index is 4.77. The van der Waals surface area contributed by atoms with Gasteiger partial charge in [0.25, 0.3) is 0 Å². The lowest BCUT2D eigenvalue weighted by atomic mass is 9.89. The molecular weight excluding hydrogens is 340 g/mol. The fourth-order valence-electron chi connectivity index (χ4n) is 4.09. The van der Waals surface area contributed by atoms with Crippen molar-refractivity contribution in [3.8, 4) is 17.1 Å². The minimum absolute atomic E-state index is 0.394. The van der Waals surface area contributed by atoms with Gasteiger partial charge in [0.05, 0.1) is 5.69 Å². The zero-order chi connectivity index (χ0) is 20.6. The summed E-state index contributed by atoms with van der Waals surface area (Å²) >= 11 is 0. The first kappa shape index (κ1) is 19.9. The maximum Gasteiger partial charge on any atom is 0.144 e. The fourth-order valence-corrected chi connectivity index (χ4v) is 4.09. The lowest BCUT2D eigenvalue weighted by Crippen LogP contribution is -2.05. The first-order chi connectivity index (χ1) is 13.2. The molecule has 1 heterocycles. The molecule has 144 valence electrons. The molecule has 2 aromatic carbocycles. The molecule has 0 bridgehead atoms. The van der Waals surface area contributed by atoms with E-state index >= 15 is 0 Å². The van der Waals surface area contributed by atoms with E-state index < -0.39 is 0 Å². The molecule has 0 aliphatic heterocycles. The van der Waals surface area contributed by atoms with Crippen molar-refractivity contribution in [2.45, 2.75) is 47.5 Å². The van der Waals surface area contributed by atoms with Crippen LogP contribution in [0.2, 0.25) is 0 Å². The Kier molecular flexibility index (Phi) is 5.42. The van der Waals surface area contributed by atoms with Crippen LogP contribution in [-0.4, -0.2) is 9.55 Å². The van der Waals surface area contributed by atoms with Crippen LogP contribution in [0.15, 0.2) is 55.9 Å². The second-order valence-corrected chi connectivity index (χ2v) is 8.01. The molecule has 0 radical (unpaired) electrons. The Morgan fingerprint density at radius 1 is 1.00 bits per heavy atom. The second kappa shape index (κ2) is 7.63. The molecule has 0 saturated carbocycles. The monoisotopic (exact) mass is 370 g/mol. The zero-order valence-electron chi connectivity index (χ0n) is 17.9. The van der Waals surface area contributed by atoms with Gasteiger partial charge in [-0.2, -0.15) is 0 Å². The Morgan fingerprint density at radius 3 is 2.21 bits per heavy atom. The summed E-state index contributed by atoms with van der Waals surface area (Å²) in [6.07, 6.45) is 5.77. The third kappa shape index (κ3) is 3.47. The van der Waals surface area contributed by atoms with Crippen molar-refractivity contribution < 1.29 is 0 Å². The quantitative estimate of drug-likeness (QED) is 0.438. The number of aromatic nitrogens is 2. The molecule has 0 aliphatic carbocycles. The summed E-state index contributed by atoms with van der Waals surface area (Å²) in [6, 6.07) is 8.97. The topological polar surface area (TPSA) is 17.8 Å². The molecule has 0 amide bonds. The van der Waals surface area contributed by atoms with Gasteiger partial charge >= 0.3 is 0 Å². The summed E-state index contributed by atoms with van der Waals surface area (Å²) in [5, 5.41) is 0. The van der Waals surface area contributed by atoms with Crippen LogP contribution in [0.1, 0.15) is 53.1 Å². The van der Waals surface area contributed by atoms with Gasteiger partial charge in [0, 0.05) is 18.0 Å². The Balaban J connectivity index is 2.31. The van der Waals surface area contributed by atoms with Crippen molar-refractivity contribution in [2.75, 3.05) is 0 Å². The normalized spacial score (nSPS) is 11.1. The standard InChI is InChI=1S/C26H30N2/c1-9-18(5)23-15-24(22(16(2)3)14-19(23)6)26-27-10-11-28(26)25-20(7)12-17(4)13-21(25)8/h9-16H,1,5H2,2-4,6-8H3. The van der Waals surface area contributed by atoms with Crippen LogP contribution in [-0.2, 0) is 0 Å². The number of benzene rings is 2. The number of imidazole rings is 1. The van der Waals surface area contributed by atoms with Crippen LogP contribution in [0.3, 0.4) is 0 Å². The van der Waals surface area contributed by atoms with E-state index in [1.165, 1.54) is 33.5 Å². The minimum Gasteiger partial charge on any atom is -0.299 e. The predicted octanol–water partition coefficient (Wildman–Crippen LogP) is 7.10. The lowest BCUT2D eigenvalue weighted by molar-refractivity contribution is 0.862. The molecule has 0 unspecified atom stereocenters. The van der Waals surface area contributed by atoms with Crippen molar-refractivity contribution in [1.82, 2.24) is 9.55 Å². The highest BCUT2D eigenvalue weighted by atomic mass is 15.1. The van der Waals surface area contributed by atoms with Crippen molar-refractivity contribution in [2.24, 2.45) is 0 Å². The fraction of sp³-hybridized carbons (Fsp3) is 0.269. The summed E-state index contributed by atoms with van der Waals surface area (Å²) in [7, 11) is 0. The summed E-state index contributed by atoms with van der Waals surface area (Å²) in [5.41, 5.74) is 10.7. The van der Waals surface area contributed by atoms with Gasteiger partial charge in [0.15, 0.2) is 0 Å². The average Bonchev–Trinajstić information content (AvgIpc) is 3.09. The summed E-state index contributed by atoms with van der Waals surface area (Å²) in [6.45, 7) is 21.2. The molecule has 2 nitrogen and oxygen atoms in total. The van der Waals surface area contributed by atoms with Crippen molar-refractivity contribution >= 4 is 5.57 Å². The van der Waals surface area contributed by atoms with Gasteiger partial charge in [-0.25, -0.2) is 4.98 Å². The average molecular weight is 371 g/mol. The van der Waals surface area contributed by atoms with Crippen LogP contribution >= 0.6 is 0 Å². The molecule has 0 fully saturated rings. The van der Waals surface area contributed by atoms with Crippen molar-refractivity contribution in [3.63, 3.8) is 0 Å². The van der Waals surface area contributed by atoms with Gasteiger partial charge < -0.3 is 0 Å². The third-order valence-corrected chi connectivity index (χ3v) is 5.37. The lowest BCUT2D eigenvalue weighted by Gasteiger charge is -2.20. The molecule has 2 heteroatoms. The summed E-state index contributed by atoms with van der Waals surface area (Å²) in [4.78, 5) is 4.77. The molecule has 0 atom stereocenters. The number of nitrogens with zero attached hydrogens (tertiary/aromatic N) is 2. The summed E-state index contributed by atoms with van der Waals surface area (Å²) < 4.78 is 2.22. The van der Waals surface area contributed by atoms with E-state index in [2.05, 4.69) is 89.7 Å². The summed E-state index contributed by atoms with van der Waals surface area (Å²) in [5.74, 6) is 1.36. The number of hydrogen-bond donors (Lipinski definition) is 0. The van der Waals surface area contributed by atoms with Crippen LogP contribution in [0.4, 0.5) is 0 Å². The molecule has 28 heavy (non-hydrogen) atoms. The van der Waals surface area contributed by atoms with Gasteiger partial charge in [0.1, 0.15) is 5.82 Å². The smallest absolute Gasteiger partial charge is 0.144 e. The number of hydrogen-bond acceptors (Lipinski definition) is 1. The maximum absolute atomic E-state index is 4.77. The van der Waals surface area contributed by atoms with E-state index in [-0.39, 0.29) is 0 Å². The number of rotatable bonds is 5. The van der Waals surface area contributed by atoms with Gasteiger partial charge in [-0.15, -0.1) is 0 Å². The Hall–Kier alpha value is -2.87. The molecule has 0 aliphatic rings.